The highest BCUT2D eigenvalue weighted by Gasteiger charge is 2.43. The lowest BCUT2D eigenvalue weighted by molar-refractivity contribution is 0.0531. The minimum atomic E-state index is -0.343. The van der Waals surface area contributed by atoms with Gasteiger partial charge >= 0.3 is 5.97 Å². The Labute approximate surface area is 219 Å². The van der Waals surface area contributed by atoms with Gasteiger partial charge in [0.1, 0.15) is 4.88 Å². The lowest BCUT2D eigenvalue weighted by Crippen LogP contribution is -2.28. The third kappa shape index (κ3) is 4.88. The molecule has 1 saturated carbocycles. The largest absolute Gasteiger partial charge is 0.462 e. The molecule has 1 aliphatic carbocycles. The summed E-state index contributed by atoms with van der Waals surface area (Å²) in [6, 6.07) is 15.8. The first-order valence-electron chi connectivity index (χ1n) is 11.7. The van der Waals surface area contributed by atoms with Crippen molar-refractivity contribution in [2.24, 2.45) is 11.0 Å². The summed E-state index contributed by atoms with van der Waals surface area (Å²) in [4.78, 5) is 17.7. The van der Waals surface area contributed by atoms with Gasteiger partial charge in [-0.05, 0) is 80.2 Å². The molecule has 5 rings (SSSR count). The molecule has 0 spiro atoms. The van der Waals surface area contributed by atoms with E-state index in [-0.39, 0.29) is 17.9 Å². The summed E-state index contributed by atoms with van der Waals surface area (Å²) in [6.07, 6.45) is 5.27. The summed E-state index contributed by atoms with van der Waals surface area (Å²) in [5, 5.41) is 9.23. The van der Waals surface area contributed by atoms with E-state index >= 15 is 0 Å². The monoisotopic (exact) mass is 525 g/mol. The van der Waals surface area contributed by atoms with Gasteiger partial charge in [-0.1, -0.05) is 58.8 Å². The fourth-order valence-electron chi connectivity index (χ4n) is 4.78. The number of hydrogen-bond donors (Lipinski definition) is 0. The van der Waals surface area contributed by atoms with E-state index in [2.05, 4.69) is 18.2 Å². The molecule has 1 aliphatic heterocycles. The standard InChI is InChI=1S/C27H25Cl2N3O2S/c1-3-34-26(33)25-16(2)30-27(35-25)32-24(18-9-13-21(29)14-10-18)22-6-4-5-19(23(22)31-32)15-17-7-11-20(28)12-8-17/h7-15,22,24H,3-6H2,1-2H3. The van der Waals surface area contributed by atoms with Crippen LogP contribution in [0.3, 0.4) is 0 Å². The number of nitrogens with zero attached hydrogens (tertiary/aromatic N) is 3. The molecule has 2 unspecified atom stereocenters. The molecule has 1 aromatic heterocycles. The molecule has 2 aromatic carbocycles. The molecular formula is C27H25Cl2N3O2S. The summed E-state index contributed by atoms with van der Waals surface area (Å²) in [6.45, 7) is 3.97. The van der Waals surface area contributed by atoms with Crippen LogP contribution in [0.25, 0.3) is 6.08 Å². The molecule has 35 heavy (non-hydrogen) atoms. The van der Waals surface area contributed by atoms with E-state index < -0.39 is 0 Å². The number of anilines is 1. The molecule has 3 aromatic rings. The van der Waals surface area contributed by atoms with E-state index in [0.717, 1.165) is 41.1 Å². The van der Waals surface area contributed by atoms with E-state index in [0.29, 0.717) is 27.3 Å². The van der Waals surface area contributed by atoms with Gasteiger partial charge in [0, 0.05) is 16.0 Å². The molecule has 2 aliphatic rings. The Morgan fingerprint density at radius 2 is 1.83 bits per heavy atom. The van der Waals surface area contributed by atoms with Crippen LogP contribution in [-0.2, 0) is 4.74 Å². The van der Waals surface area contributed by atoms with E-state index in [4.69, 9.17) is 38.0 Å². The fourth-order valence-corrected chi connectivity index (χ4v) is 5.98. The number of rotatable bonds is 5. The van der Waals surface area contributed by atoms with Gasteiger partial charge in [0.25, 0.3) is 0 Å². The number of allylic oxidation sites excluding steroid dienone is 1. The zero-order chi connectivity index (χ0) is 24.5. The van der Waals surface area contributed by atoms with E-state index in [1.54, 1.807) is 6.92 Å². The SMILES string of the molecule is CCOC(=O)c1sc(N2N=C3C(=Cc4ccc(Cl)cc4)CCCC3C2c2ccc(Cl)cc2)nc1C. The Hall–Kier alpha value is -2.67. The fraction of sp³-hybridized carbons (Fsp3) is 0.296. The Morgan fingerprint density at radius 3 is 2.51 bits per heavy atom. The van der Waals surface area contributed by atoms with Crippen molar-refractivity contribution in [3.05, 3.63) is 85.8 Å². The van der Waals surface area contributed by atoms with Crippen LogP contribution in [0.5, 0.6) is 0 Å². The molecule has 0 N–H and O–H groups in total. The maximum absolute atomic E-state index is 12.5. The maximum atomic E-state index is 12.5. The van der Waals surface area contributed by atoms with Crippen LogP contribution >= 0.6 is 34.5 Å². The summed E-state index contributed by atoms with van der Waals surface area (Å²) >= 11 is 13.6. The van der Waals surface area contributed by atoms with E-state index in [1.165, 1.54) is 16.9 Å². The number of esters is 1. The average Bonchev–Trinajstić information content (AvgIpc) is 3.43. The molecule has 0 bridgehead atoms. The maximum Gasteiger partial charge on any atom is 0.350 e. The molecule has 2 heterocycles. The van der Waals surface area contributed by atoms with Gasteiger partial charge in [0.05, 0.1) is 24.1 Å². The van der Waals surface area contributed by atoms with Crippen LogP contribution in [0, 0.1) is 12.8 Å². The van der Waals surface area contributed by atoms with Crippen molar-refractivity contribution in [2.75, 3.05) is 11.6 Å². The van der Waals surface area contributed by atoms with Gasteiger partial charge in [-0.15, -0.1) is 0 Å². The number of hydrogen-bond acceptors (Lipinski definition) is 6. The van der Waals surface area contributed by atoms with Crippen LogP contribution < -0.4 is 5.01 Å². The van der Waals surface area contributed by atoms with Gasteiger partial charge in [-0.2, -0.15) is 5.10 Å². The minimum Gasteiger partial charge on any atom is -0.462 e. The third-order valence-corrected chi connectivity index (χ3v) is 8.00. The van der Waals surface area contributed by atoms with Gasteiger partial charge in [-0.25, -0.2) is 14.8 Å². The van der Waals surface area contributed by atoms with Gasteiger partial charge < -0.3 is 4.74 Å². The molecule has 0 saturated heterocycles. The number of fused-ring (bicyclic) bond motifs is 1. The molecule has 2 atom stereocenters. The smallest absolute Gasteiger partial charge is 0.350 e. The second kappa shape index (κ2) is 10.1. The number of benzene rings is 2. The lowest BCUT2D eigenvalue weighted by Gasteiger charge is -2.29. The Balaban J connectivity index is 1.58. The summed E-state index contributed by atoms with van der Waals surface area (Å²) in [5.41, 5.74) is 5.19. The summed E-state index contributed by atoms with van der Waals surface area (Å²) in [5.74, 6) is -0.136. The second-order valence-corrected chi connectivity index (χ2v) is 10.5. The Kier molecular flexibility index (Phi) is 6.96. The number of carbonyl (C=O) groups excluding carboxylic acids is 1. The lowest BCUT2D eigenvalue weighted by atomic mass is 9.77. The number of hydrazone groups is 1. The normalized spacial score (nSPS) is 20.6. The van der Waals surface area contributed by atoms with Crippen molar-refractivity contribution < 1.29 is 9.53 Å². The van der Waals surface area contributed by atoms with Crippen LogP contribution in [0.2, 0.25) is 10.0 Å². The molecule has 8 heteroatoms. The highest BCUT2D eigenvalue weighted by Crippen LogP contribution is 2.47. The molecular weight excluding hydrogens is 501 g/mol. The molecule has 5 nitrogen and oxygen atoms in total. The average molecular weight is 526 g/mol. The first-order valence-corrected chi connectivity index (χ1v) is 13.3. The third-order valence-electron chi connectivity index (χ3n) is 6.37. The number of carbonyl (C=O) groups is 1. The highest BCUT2D eigenvalue weighted by atomic mass is 35.5. The number of ether oxygens (including phenoxy) is 1. The number of aryl methyl sites for hydroxylation is 1. The van der Waals surface area contributed by atoms with Crippen LogP contribution in [0.4, 0.5) is 5.13 Å². The quantitative estimate of drug-likeness (QED) is 0.319. The van der Waals surface area contributed by atoms with E-state index in [1.807, 2.05) is 48.3 Å². The Morgan fingerprint density at radius 1 is 1.14 bits per heavy atom. The minimum absolute atomic E-state index is 0.0308. The zero-order valence-corrected chi connectivity index (χ0v) is 21.8. The number of halogens is 2. The van der Waals surface area contributed by atoms with Crippen molar-refractivity contribution in [2.45, 2.75) is 39.2 Å². The summed E-state index contributed by atoms with van der Waals surface area (Å²) < 4.78 is 5.24. The van der Waals surface area contributed by atoms with Crippen LogP contribution in [0.15, 0.2) is 59.2 Å². The highest BCUT2D eigenvalue weighted by molar-refractivity contribution is 7.17. The first kappa shape index (κ1) is 24.0. The van der Waals surface area contributed by atoms with Crippen molar-refractivity contribution in [3.63, 3.8) is 0 Å². The van der Waals surface area contributed by atoms with Crippen molar-refractivity contribution in [1.29, 1.82) is 0 Å². The zero-order valence-electron chi connectivity index (χ0n) is 19.5. The number of thiazole rings is 1. The van der Waals surface area contributed by atoms with Gasteiger partial charge in [-0.3, -0.25) is 0 Å². The van der Waals surface area contributed by atoms with Gasteiger partial charge in [0.2, 0.25) is 5.13 Å². The topological polar surface area (TPSA) is 54.8 Å². The predicted octanol–water partition coefficient (Wildman–Crippen LogP) is 7.74. The molecule has 0 radical (unpaired) electrons. The predicted molar refractivity (Wildman–Crippen MR) is 144 cm³/mol. The summed E-state index contributed by atoms with van der Waals surface area (Å²) in [7, 11) is 0. The second-order valence-electron chi connectivity index (χ2n) is 8.68. The first-order chi connectivity index (χ1) is 16.9. The van der Waals surface area contributed by atoms with E-state index in [9.17, 15) is 4.79 Å². The van der Waals surface area contributed by atoms with Gasteiger partial charge in [0.15, 0.2) is 0 Å². The van der Waals surface area contributed by atoms with Crippen molar-refractivity contribution in [1.82, 2.24) is 4.98 Å². The molecule has 1 fully saturated rings. The van der Waals surface area contributed by atoms with Crippen LogP contribution in [-0.4, -0.2) is 23.3 Å². The Bertz CT molecular complexity index is 1300. The molecule has 180 valence electrons. The molecule has 0 amide bonds. The van der Waals surface area contributed by atoms with Crippen LogP contribution in [0.1, 0.15) is 58.7 Å². The van der Waals surface area contributed by atoms with Crippen molar-refractivity contribution >= 4 is 57.4 Å². The van der Waals surface area contributed by atoms with Crippen molar-refractivity contribution in [3.8, 4) is 0 Å². The number of aromatic nitrogens is 1.